The Morgan fingerprint density at radius 2 is 2.00 bits per heavy atom. The summed E-state index contributed by atoms with van der Waals surface area (Å²) in [5.41, 5.74) is 5.32. The zero-order valence-electron chi connectivity index (χ0n) is 10.3. The van der Waals surface area contributed by atoms with Gasteiger partial charge < -0.3 is 15.3 Å². The van der Waals surface area contributed by atoms with E-state index in [1.807, 2.05) is 0 Å². The van der Waals surface area contributed by atoms with E-state index in [1.54, 1.807) is 0 Å². The predicted molar refractivity (Wildman–Crippen MR) is 63.4 cm³/mol. The molecule has 21 heavy (non-hydrogen) atoms. The molecule has 0 spiro atoms. The van der Waals surface area contributed by atoms with Crippen molar-refractivity contribution in [2.24, 2.45) is 5.11 Å². The van der Waals surface area contributed by atoms with Crippen molar-refractivity contribution in [3.8, 4) is 0 Å². The molecule has 0 aromatic heterocycles. The highest BCUT2D eigenvalue weighted by atomic mass is 19.4. The van der Waals surface area contributed by atoms with Gasteiger partial charge in [0.05, 0.1) is 23.8 Å². The lowest BCUT2D eigenvalue weighted by Crippen LogP contribution is -2.22. The molecule has 114 valence electrons. The zero-order valence-corrected chi connectivity index (χ0v) is 10.3. The van der Waals surface area contributed by atoms with Crippen LogP contribution in [0.25, 0.3) is 10.4 Å². The number of rotatable bonds is 5. The van der Waals surface area contributed by atoms with Gasteiger partial charge >= 0.3 is 12.1 Å². The molecule has 2 atom stereocenters. The molecule has 0 fully saturated rings. The van der Waals surface area contributed by atoms with Gasteiger partial charge in [0.25, 0.3) is 0 Å². The predicted octanol–water partition coefficient (Wildman–Crippen LogP) is 2.11. The molecule has 0 amide bonds. The van der Waals surface area contributed by atoms with E-state index in [4.69, 9.17) is 10.6 Å². The van der Waals surface area contributed by atoms with Crippen molar-refractivity contribution >= 4 is 5.97 Å². The summed E-state index contributed by atoms with van der Waals surface area (Å²) in [6.45, 7) is -0.542. The van der Waals surface area contributed by atoms with Crippen molar-refractivity contribution in [2.45, 2.75) is 18.4 Å². The van der Waals surface area contributed by atoms with Gasteiger partial charge in [-0.15, -0.1) is 0 Å². The first-order chi connectivity index (χ1) is 9.68. The van der Waals surface area contributed by atoms with Crippen molar-refractivity contribution in [2.75, 3.05) is 6.54 Å². The number of carboxylic acids is 1. The molecular formula is C11H10F3N3O4. The van der Waals surface area contributed by atoms with Gasteiger partial charge in [0.1, 0.15) is 6.10 Å². The van der Waals surface area contributed by atoms with Crippen molar-refractivity contribution in [3.63, 3.8) is 0 Å². The second-order valence-electron chi connectivity index (χ2n) is 4.03. The fraction of sp³-hybridized carbons (Fsp3) is 0.364. The molecule has 0 aliphatic carbocycles. The third kappa shape index (κ3) is 4.09. The van der Waals surface area contributed by atoms with Crippen LogP contribution in [-0.2, 0) is 6.18 Å². The summed E-state index contributed by atoms with van der Waals surface area (Å²) in [6.07, 6.45) is -8.30. The minimum absolute atomic E-state index is 0.340. The number of alkyl halides is 3. The summed E-state index contributed by atoms with van der Waals surface area (Å²) >= 11 is 0. The highest BCUT2D eigenvalue weighted by Crippen LogP contribution is 2.34. The van der Waals surface area contributed by atoms with Crippen molar-refractivity contribution in [3.05, 3.63) is 45.3 Å². The van der Waals surface area contributed by atoms with E-state index in [0.29, 0.717) is 12.1 Å². The molecule has 1 aromatic carbocycles. The quantitative estimate of drug-likeness (QED) is 0.437. The molecule has 0 radical (unpaired) electrons. The Balaban J connectivity index is 3.22. The van der Waals surface area contributed by atoms with Crippen molar-refractivity contribution < 1.29 is 33.3 Å². The maximum absolute atomic E-state index is 12.8. The molecule has 0 aliphatic heterocycles. The Labute approximate surface area is 115 Å². The van der Waals surface area contributed by atoms with Crippen LogP contribution >= 0.6 is 0 Å². The Hall–Kier alpha value is -2.29. The van der Waals surface area contributed by atoms with Crippen LogP contribution in [0.1, 0.15) is 27.6 Å². The standard InChI is InChI=1S/C11H10F3N3O4/c12-11(13,14)7-3-5(1-2-6(7)10(20)21)9(19)8(18)4-16-17-15/h1-3,8-9,18-19H,4H2,(H,20,21). The van der Waals surface area contributed by atoms with E-state index >= 15 is 0 Å². The third-order valence-electron chi connectivity index (χ3n) is 2.62. The van der Waals surface area contributed by atoms with E-state index in [2.05, 4.69) is 10.0 Å². The van der Waals surface area contributed by atoms with E-state index < -0.39 is 42.0 Å². The van der Waals surface area contributed by atoms with Gasteiger partial charge in [-0.2, -0.15) is 13.2 Å². The number of aromatic carboxylic acids is 1. The van der Waals surface area contributed by atoms with Crippen LogP contribution in [0.15, 0.2) is 23.3 Å². The molecule has 1 aromatic rings. The molecule has 0 bridgehead atoms. The molecule has 0 heterocycles. The van der Waals surface area contributed by atoms with Gasteiger partial charge in [-0.1, -0.05) is 11.2 Å². The lowest BCUT2D eigenvalue weighted by atomic mass is 9.98. The van der Waals surface area contributed by atoms with Crippen LogP contribution in [0.4, 0.5) is 13.2 Å². The average molecular weight is 305 g/mol. The van der Waals surface area contributed by atoms with Gasteiger partial charge in [-0.3, -0.25) is 0 Å². The van der Waals surface area contributed by atoms with Gasteiger partial charge in [-0.05, 0) is 23.2 Å². The second-order valence-corrected chi connectivity index (χ2v) is 4.03. The SMILES string of the molecule is [N-]=[N+]=NCC(O)C(O)c1ccc(C(=O)O)c(C(F)(F)F)c1. The van der Waals surface area contributed by atoms with Gasteiger partial charge in [-0.25, -0.2) is 4.79 Å². The molecule has 2 unspecified atom stereocenters. The van der Waals surface area contributed by atoms with E-state index in [-0.39, 0.29) is 5.56 Å². The summed E-state index contributed by atoms with van der Waals surface area (Å²) in [6, 6.07) is 2.07. The average Bonchev–Trinajstić information content (AvgIpc) is 2.42. The van der Waals surface area contributed by atoms with Crippen LogP contribution in [0.3, 0.4) is 0 Å². The molecule has 0 aliphatic rings. The Kier molecular flexibility index (Phi) is 5.14. The number of hydrogen-bond donors (Lipinski definition) is 3. The second kappa shape index (κ2) is 6.44. The molecule has 3 N–H and O–H groups in total. The van der Waals surface area contributed by atoms with Crippen molar-refractivity contribution in [1.82, 2.24) is 0 Å². The summed E-state index contributed by atoms with van der Waals surface area (Å²) < 4.78 is 38.3. The first kappa shape index (κ1) is 16.8. The topological polar surface area (TPSA) is 127 Å². The first-order valence-electron chi connectivity index (χ1n) is 5.50. The summed E-state index contributed by atoms with van der Waals surface area (Å²) in [5.74, 6) is -1.77. The van der Waals surface area contributed by atoms with Crippen LogP contribution in [0, 0.1) is 0 Å². The third-order valence-corrected chi connectivity index (χ3v) is 2.62. The van der Waals surface area contributed by atoms with Crippen LogP contribution < -0.4 is 0 Å². The van der Waals surface area contributed by atoms with Crippen molar-refractivity contribution in [1.29, 1.82) is 0 Å². The molecule has 0 saturated heterocycles. The molecule has 1 rings (SSSR count). The number of carbonyl (C=O) groups is 1. The maximum Gasteiger partial charge on any atom is 0.417 e. The van der Waals surface area contributed by atoms with Gasteiger partial charge in [0.2, 0.25) is 0 Å². The number of aliphatic hydroxyl groups excluding tert-OH is 2. The maximum atomic E-state index is 12.8. The summed E-state index contributed by atoms with van der Waals surface area (Å²) in [5, 5.41) is 30.9. The van der Waals surface area contributed by atoms with Crippen LogP contribution in [0.5, 0.6) is 0 Å². The highest BCUT2D eigenvalue weighted by Gasteiger charge is 2.36. The molecule has 0 saturated carbocycles. The van der Waals surface area contributed by atoms with Gasteiger partial charge in [0.15, 0.2) is 0 Å². The van der Waals surface area contributed by atoms with Crippen LogP contribution in [0.2, 0.25) is 0 Å². The number of benzene rings is 1. The Bertz CT molecular complexity index is 585. The van der Waals surface area contributed by atoms with E-state index in [0.717, 1.165) is 6.07 Å². The number of hydrogen-bond acceptors (Lipinski definition) is 4. The zero-order chi connectivity index (χ0) is 16.2. The highest BCUT2D eigenvalue weighted by molar-refractivity contribution is 5.89. The summed E-state index contributed by atoms with van der Waals surface area (Å²) in [4.78, 5) is 13.1. The normalized spacial score (nSPS) is 14.1. The molecule has 10 heteroatoms. The molecular weight excluding hydrogens is 295 g/mol. The monoisotopic (exact) mass is 305 g/mol. The minimum Gasteiger partial charge on any atom is -0.478 e. The first-order valence-corrected chi connectivity index (χ1v) is 5.50. The fourth-order valence-electron chi connectivity index (χ4n) is 1.61. The number of nitrogens with zero attached hydrogens (tertiary/aromatic N) is 3. The van der Waals surface area contributed by atoms with E-state index in [9.17, 15) is 28.2 Å². The smallest absolute Gasteiger partial charge is 0.417 e. The van der Waals surface area contributed by atoms with Gasteiger partial charge in [0, 0.05) is 4.91 Å². The number of halogens is 3. The van der Waals surface area contributed by atoms with E-state index in [1.165, 1.54) is 0 Å². The number of aliphatic hydroxyl groups is 2. The minimum atomic E-state index is -4.93. The molecule has 7 nitrogen and oxygen atoms in total. The largest absolute Gasteiger partial charge is 0.478 e. The Morgan fingerprint density at radius 3 is 2.48 bits per heavy atom. The lowest BCUT2D eigenvalue weighted by molar-refractivity contribution is -0.138. The summed E-state index contributed by atoms with van der Waals surface area (Å²) in [7, 11) is 0. The number of carboxylic acid groups (broad SMARTS) is 1. The Morgan fingerprint density at radius 1 is 1.38 bits per heavy atom. The van der Waals surface area contributed by atoms with Crippen LogP contribution in [-0.4, -0.2) is 33.9 Å². The lowest BCUT2D eigenvalue weighted by Gasteiger charge is -2.18. The fourth-order valence-corrected chi connectivity index (χ4v) is 1.61. The number of azide groups is 1.